The van der Waals surface area contributed by atoms with Crippen LogP contribution >= 0.6 is 0 Å². The van der Waals surface area contributed by atoms with Crippen molar-refractivity contribution in [3.05, 3.63) is 23.8 Å². The van der Waals surface area contributed by atoms with Crippen LogP contribution in [0.3, 0.4) is 0 Å². The van der Waals surface area contributed by atoms with Crippen LogP contribution in [0.1, 0.15) is 25.3 Å². The maximum absolute atomic E-state index is 5.78. The minimum atomic E-state index is 0.347. The van der Waals surface area contributed by atoms with Gasteiger partial charge in [0, 0.05) is 24.7 Å². The van der Waals surface area contributed by atoms with E-state index in [1.807, 2.05) is 18.2 Å². The smallest absolute Gasteiger partial charge is 0.127 e. The summed E-state index contributed by atoms with van der Waals surface area (Å²) < 4.78 is 16.3. The lowest BCUT2D eigenvalue weighted by Crippen LogP contribution is -2.26. The summed E-state index contributed by atoms with van der Waals surface area (Å²) in [5.74, 6) is 1.67. The van der Waals surface area contributed by atoms with Gasteiger partial charge in [0.25, 0.3) is 0 Å². The van der Waals surface area contributed by atoms with E-state index in [0.29, 0.717) is 12.2 Å². The summed E-state index contributed by atoms with van der Waals surface area (Å²) in [5.41, 5.74) is 1.13. The topological polar surface area (TPSA) is 39.7 Å². The summed E-state index contributed by atoms with van der Waals surface area (Å²) in [6, 6.07) is 5.89. The minimum absolute atomic E-state index is 0.347. The Morgan fingerprint density at radius 2 is 2.11 bits per heavy atom. The lowest BCUT2D eigenvalue weighted by molar-refractivity contribution is 0.0558. The Labute approximate surface area is 115 Å². The maximum atomic E-state index is 5.78. The Kier molecular flexibility index (Phi) is 5.05. The van der Waals surface area contributed by atoms with Crippen LogP contribution in [-0.4, -0.2) is 33.0 Å². The number of rotatable bonds is 6. The summed E-state index contributed by atoms with van der Waals surface area (Å²) >= 11 is 0. The van der Waals surface area contributed by atoms with Gasteiger partial charge in [-0.25, -0.2) is 0 Å². The molecule has 1 fully saturated rings. The van der Waals surface area contributed by atoms with Gasteiger partial charge in [0.05, 0.1) is 26.4 Å². The first-order valence-electron chi connectivity index (χ1n) is 6.80. The first kappa shape index (κ1) is 14.2. The molecule has 1 saturated heterocycles. The van der Waals surface area contributed by atoms with Crippen LogP contribution in [0.2, 0.25) is 0 Å². The lowest BCUT2D eigenvalue weighted by atomic mass is 10.1. The summed E-state index contributed by atoms with van der Waals surface area (Å²) in [4.78, 5) is 0. The lowest BCUT2D eigenvalue weighted by Gasteiger charge is -2.14. The van der Waals surface area contributed by atoms with Crippen LogP contribution in [0.25, 0.3) is 0 Å². The molecule has 0 saturated carbocycles. The molecule has 1 aromatic rings. The van der Waals surface area contributed by atoms with E-state index < -0.39 is 0 Å². The third kappa shape index (κ3) is 3.85. The molecule has 1 aliphatic rings. The summed E-state index contributed by atoms with van der Waals surface area (Å²) in [6.45, 7) is 3.80. The van der Waals surface area contributed by atoms with Crippen LogP contribution < -0.4 is 14.8 Å². The molecule has 0 bridgehead atoms. The van der Waals surface area contributed by atoms with Crippen molar-refractivity contribution in [2.24, 2.45) is 0 Å². The molecule has 4 heteroatoms. The highest BCUT2D eigenvalue weighted by molar-refractivity contribution is 5.40. The molecule has 19 heavy (non-hydrogen) atoms. The van der Waals surface area contributed by atoms with Gasteiger partial charge >= 0.3 is 0 Å². The second-order valence-electron chi connectivity index (χ2n) is 4.95. The van der Waals surface area contributed by atoms with Gasteiger partial charge in [-0.2, -0.15) is 0 Å². The van der Waals surface area contributed by atoms with E-state index in [1.54, 1.807) is 14.2 Å². The van der Waals surface area contributed by atoms with Gasteiger partial charge in [-0.05, 0) is 25.8 Å². The molecule has 2 atom stereocenters. The Morgan fingerprint density at radius 3 is 2.74 bits per heavy atom. The van der Waals surface area contributed by atoms with Crippen LogP contribution in [0.4, 0.5) is 0 Å². The van der Waals surface area contributed by atoms with Crippen molar-refractivity contribution in [3.8, 4) is 11.5 Å². The van der Waals surface area contributed by atoms with Crippen molar-refractivity contribution in [1.82, 2.24) is 5.32 Å². The van der Waals surface area contributed by atoms with Crippen LogP contribution in [0, 0.1) is 0 Å². The highest BCUT2D eigenvalue weighted by Gasteiger charge is 2.21. The Morgan fingerprint density at radius 1 is 1.26 bits per heavy atom. The molecular formula is C15H23NO3. The monoisotopic (exact) mass is 265 g/mol. The minimum Gasteiger partial charge on any atom is -0.497 e. The quantitative estimate of drug-likeness (QED) is 0.857. The van der Waals surface area contributed by atoms with Gasteiger partial charge in [-0.3, -0.25) is 0 Å². The molecule has 2 rings (SSSR count). The fourth-order valence-corrected chi connectivity index (χ4v) is 2.40. The zero-order valence-corrected chi connectivity index (χ0v) is 11.9. The zero-order chi connectivity index (χ0) is 13.7. The number of nitrogens with one attached hydrogen (secondary N) is 1. The largest absolute Gasteiger partial charge is 0.497 e. The molecule has 0 amide bonds. The predicted octanol–water partition coefficient (Wildman–Crippen LogP) is 2.36. The highest BCUT2D eigenvalue weighted by atomic mass is 16.5. The summed E-state index contributed by atoms with van der Waals surface area (Å²) in [5, 5.41) is 3.43. The van der Waals surface area contributed by atoms with Gasteiger partial charge in [0.1, 0.15) is 11.5 Å². The molecule has 1 heterocycles. The Balaban J connectivity index is 1.85. The Bertz CT molecular complexity index is 408. The summed E-state index contributed by atoms with van der Waals surface area (Å²) in [6.07, 6.45) is 3.06. The first-order valence-corrected chi connectivity index (χ1v) is 6.80. The number of hydrogen-bond donors (Lipinski definition) is 1. The fraction of sp³-hybridized carbons (Fsp3) is 0.600. The molecule has 0 spiro atoms. The van der Waals surface area contributed by atoms with E-state index in [4.69, 9.17) is 14.2 Å². The van der Waals surface area contributed by atoms with Crippen molar-refractivity contribution < 1.29 is 14.2 Å². The van der Waals surface area contributed by atoms with Crippen LogP contribution in [-0.2, 0) is 11.3 Å². The molecule has 0 aromatic heterocycles. The maximum Gasteiger partial charge on any atom is 0.127 e. The molecule has 1 N–H and O–H groups in total. The molecule has 1 aromatic carbocycles. The van der Waals surface area contributed by atoms with Crippen molar-refractivity contribution in [2.75, 3.05) is 20.8 Å². The number of methoxy groups -OCH3 is 2. The highest BCUT2D eigenvalue weighted by Crippen LogP contribution is 2.24. The molecule has 2 unspecified atom stereocenters. The van der Waals surface area contributed by atoms with Crippen LogP contribution in [0.15, 0.2) is 18.2 Å². The number of ether oxygens (including phenoxy) is 3. The number of benzene rings is 1. The van der Waals surface area contributed by atoms with E-state index in [-0.39, 0.29) is 0 Å². The average molecular weight is 265 g/mol. The zero-order valence-electron chi connectivity index (χ0n) is 11.9. The van der Waals surface area contributed by atoms with E-state index in [2.05, 4.69) is 12.2 Å². The molecule has 0 radical (unpaired) electrons. The van der Waals surface area contributed by atoms with Crippen molar-refractivity contribution >= 4 is 0 Å². The average Bonchev–Trinajstić information content (AvgIpc) is 2.84. The summed E-state index contributed by atoms with van der Waals surface area (Å²) in [7, 11) is 3.34. The van der Waals surface area contributed by atoms with E-state index >= 15 is 0 Å². The third-order valence-corrected chi connectivity index (χ3v) is 3.50. The van der Waals surface area contributed by atoms with Crippen LogP contribution in [0.5, 0.6) is 11.5 Å². The number of hydrogen-bond acceptors (Lipinski definition) is 4. The molecule has 0 aliphatic carbocycles. The van der Waals surface area contributed by atoms with E-state index in [1.165, 1.54) is 0 Å². The second-order valence-corrected chi connectivity index (χ2v) is 4.95. The molecule has 1 aliphatic heterocycles. The van der Waals surface area contributed by atoms with Crippen molar-refractivity contribution in [2.45, 2.75) is 38.5 Å². The molecule has 106 valence electrons. The molecular weight excluding hydrogens is 242 g/mol. The SMILES string of the molecule is COc1ccc(CNCC2CCC(C)O2)c(OC)c1. The normalized spacial score (nSPS) is 22.5. The van der Waals surface area contributed by atoms with Gasteiger partial charge in [0.2, 0.25) is 0 Å². The van der Waals surface area contributed by atoms with Gasteiger partial charge in [-0.1, -0.05) is 6.07 Å². The molecule has 4 nitrogen and oxygen atoms in total. The van der Waals surface area contributed by atoms with Gasteiger partial charge in [-0.15, -0.1) is 0 Å². The first-order chi connectivity index (χ1) is 9.22. The van der Waals surface area contributed by atoms with Crippen molar-refractivity contribution in [1.29, 1.82) is 0 Å². The standard InChI is InChI=1S/C15H23NO3/c1-11-4-6-14(19-11)10-16-9-12-5-7-13(17-2)8-15(12)18-3/h5,7-8,11,14,16H,4,6,9-10H2,1-3H3. The van der Waals surface area contributed by atoms with E-state index in [0.717, 1.165) is 43.0 Å². The predicted molar refractivity (Wildman–Crippen MR) is 74.8 cm³/mol. The fourth-order valence-electron chi connectivity index (χ4n) is 2.40. The second kappa shape index (κ2) is 6.78. The van der Waals surface area contributed by atoms with Crippen molar-refractivity contribution in [3.63, 3.8) is 0 Å². The Hall–Kier alpha value is -1.26. The van der Waals surface area contributed by atoms with Gasteiger partial charge < -0.3 is 19.5 Å². The van der Waals surface area contributed by atoms with E-state index in [9.17, 15) is 0 Å². The third-order valence-electron chi connectivity index (χ3n) is 3.50. The van der Waals surface area contributed by atoms with Gasteiger partial charge in [0.15, 0.2) is 0 Å².